The largest absolute Gasteiger partial charge is 0.493 e. The van der Waals surface area contributed by atoms with Gasteiger partial charge >= 0.3 is 6.09 Å². The molecule has 1 saturated carbocycles. The van der Waals surface area contributed by atoms with E-state index in [4.69, 9.17) is 18.9 Å². The minimum atomic E-state index is -0.735. The highest BCUT2D eigenvalue weighted by atomic mass is 19.1. The summed E-state index contributed by atoms with van der Waals surface area (Å²) in [6.45, 7) is 9.18. The van der Waals surface area contributed by atoms with Crippen LogP contribution in [0.3, 0.4) is 0 Å². The predicted molar refractivity (Wildman–Crippen MR) is 179 cm³/mol. The number of halogens is 2. The van der Waals surface area contributed by atoms with Crippen LogP contribution >= 0.6 is 0 Å². The molecule has 1 heterocycles. The number of fused-ring (bicyclic) bond motifs is 1. The topological polar surface area (TPSA) is 137 Å². The molecule has 1 fully saturated rings. The summed E-state index contributed by atoms with van der Waals surface area (Å²) in [5.41, 5.74) is -0.159. The molecular formula is C36H38F2N4O7. The number of nitrogens with zero attached hydrogens (tertiary/aromatic N) is 1. The standard InChI is InChI=1S/C36H38F2N4O7/c1-35(2,3)49-34(45)40-15-16-47-29-18-23-25(19-28(29)46-6)39-14-13-26(23)48-27-12-11-22(17-24(27)38)42-33(44)31-30(36(31,4)5)32(43)41-21-9-7-20(37)8-10-21/h7-14,17-19,30-31H,15-16H2,1-6H3,(H,40,45)(H,41,43)(H,42,44)/t30-,31+/m0/s1. The summed E-state index contributed by atoms with van der Waals surface area (Å²) in [6, 6.07) is 14.2. The average molecular weight is 677 g/mol. The fourth-order valence-electron chi connectivity index (χ4n) is 5.49. The summed E-state index contributed by atoms with van der Waals surface area (Å²) in [5.74, 6) is -2.30. The Morgan fingerprint density at radius 2 is 1.49 bits per heavy atom. The van der Waals surface area contributed by atoms with Crippen LogP contribution in [0.5, 0.6) is 23.0 Å². The lowest BCUT2D eigenvalue weighted by atomic mass is 10.1. The minimum Gasteiger partial charge on any atom is -0.493 e. The maximum absolute atomic E-state index is 15.3. The molecule has 0 aliphatic heterocycles. The second-order valence-electron chi connectivity index (χ2n) is 13.1. The Morgan fingerprint density at radius 3 is 2.12 bits per heavy atom. The van der Waals surface area contributed by atoms with Crippen molar-refractivity contribution in [3.05, 3.63) is 78.5 Å². The summed E-state index contributed by atoms with van der Waals surface area (Å²) >= 11 is 0. The molecule has 0 radical (unpaired) electrons. The first-order valence-corrected chi connectivity index (χ1v) is 15.6. The second kappa shape index (κ2) is 14.0. The molecule has 3 N–H and O–H groups in total. The predicted octanol–water partition coefficient (Wildman–Crippen LogP) is 7.07. The molecule has 1 aliphatic rings. The first kappa shape index (κ1) is 34.9. The molecule has 5 rings (SSSR count). The van der Waals surface area contributed by atoms with Gasteiger partial charge in [-0.25, -0.2) is 13.6 Å². The number of nitrogens with one attached hydrogen (secondary N) is 3. The molecule has 49 heavy (non-hydrogen) atoms. The summed E-state index contributed by atoms with van der Waals surface area (Å²) < 4.78 is 51.1. The van der Waals surface area contributed by atoms with E-state index in [0.29, 0.717) is 28.1 Å². The molecule has 258 valence electrons. The van der Waals surface area contributed by atoms with Crippen molar-refractivity contribution in [3.63, 3.8) is 0 Å². The fraction of sp³-hybridized carbons (Fsp3) is 0.333. The van der Waals surface area contributed by atoms with E-state index in [1.54, 1.807) is 52.8 Å². The quantitative estimate of drug-likeness (QED) is 0.144. The van der Waals surface area contributed by atoms with Crippen LogP contribution in [0.4, 0.5) is 25.0 Å². The van der Waals surface area contributed by atoms with Crippen molar-refractivity contribution in [1.29, 1.82) is 0 Å². The normalized spacial score (nSPS) is 16.3. The number of amides is 3. The number of pyridine rings is 1. The Hall–Kier alpha value is -5.46. The van der Waals surface area contributed by atoms with E-state index >= 15 is 4.39 Å². The monoisotopic (exact) mass is 676 g/mol. The van der Waals surface area contributed by atoms with Crippen LogP contribution in [0.15, 0.2) is 66.9 Å². The lowest BCUT2D eigenvalue weighted by Gasteiger charge is -2.19. The van der Waals surface area contributed by atoms with Crippen LogP contribution in [0.25, 0.3) is 10.9 Å². The third-order valence-electron chi connectivity index (χ3n) is 7.94. The van der Waals surface area contributed by atoms with Crippen molar-refractivity contribution in [1.82, 2.24) is 10.3 Å². The van der Waals surface area contributed by atoms with Gasteiger partial charge in [0.25, 0.3) is 0 Å². The molecule has 4 aromatic rings. The zero-order chi connectivity index (χ0) is 35.5. The number of hydrogen-bond acceptors (Lipinski definition) is 8. The summed E-state index contributed by atoms with van der Waals surface area (Å²) in [4.78, 5) is 42.3. The van der Waals surface area contributed by atoms with E-state index in [0.717, 1.165) is 6.07 Å². The maximum atomic E-state index is 15.3. The van der Waals surface area contributed by atoms with Crippen LogP contribution in [-0.2, 0) is 14.3 Å². The molecule has 2 atom stereocenters. The second-order valence-corrected chi connectivity index (χ2v) is 13.1. The summed E-state index contributed by atoms with van der Waals surface area (Å²) in [6.07, 6.45) is 0.940. The third-order valence-corrected chi connectivity index (χ3v) is 7.94. The van der Waals surface area contributed by atoms with E-state index in [1.807, 2.05) is 0 Å². The zero-order valence-electron chi connectivity index (χ0n) is 28.0. The summed E-state index contributed by atoms with van der Waals surface area (Å²) in [5, 5.41) is 8.55. The SMILES string of the molecule is COc1cc2nccc(Oc3ccc(NC(=O)[C@H]4[C@@H](C(=O)Nc5ccc(F)cc5)C4(C)C)cc3F)c2cc1OCCNC(=O)OC(C)(C)C. The smallest absolute Gasteiger partial charge is 0.407 e. The minimum absolute atomic E-state index is 0.103. The van der Waals surface area contributed by atoms with E-state index < -0.39 is 46.5 Å². The molecule has 0 spiro atoms. The molecule has 1 aliphatic carbocycles. The van der Waals surface area contributed by atoms with Crippen molar-refractivity contribution in [2.24, 2.45) is 17.3 Å². The number of carbonyl (C=O) groups excluding carboxylic acids is 3. The molecule has 11 nitrogen and oxygen atoms in total. The zero-order valence-corrected chi connectivity index (χ0v) is 28.0. The molecule has 13 heteroatoms. The van der Waals surface area contributed by atoms with Gasteiger partial charge in [0.05, 0.1) is 31.0 Å². The van der Waals surface area contributed by atoms with Crippen LogP contribution in [-0.4, -0.2) is 48.8 Å². The van der Waals surface area contributed by atoms with E-state index in [-0.39, 0.29) is 36.2 Å². The van der Waals surface area contributed by atoms with Gasteiger partial charge in [-0.05, 0) is 74.7 Å². The van der Waals surface area contributed by atoms with Crippen molar-refractivity contribution >= 4 is 40.2 Å². The number of aromatic nitrogens is 1. The van der Waals surface area contributed by atoms with Gasteiger partial charge in [0, 0.05) is 35.1 Å². The van der Waals surface area contributed by atoms with Crippen LogP contribution in [0.2, 0.25) is 0 Å². The van der Waals surface area contributed by atoms with E-state index in [2.05, 4.69) is 20.9 Å². The number of methoxy groups -OCH3 is 1. The number of ether oxygens (including phenoxy) is 4. The lowest BCUT2D eigenvalue weighted by Crippen LogP contribution is -2.34. The highest BCUT2D eigenvalue weighted by molar-refractivity contribution is 6.04. The molecular weight excluding hydrogens is 638 g/mol. The number of rotatable bonds is 11. The van der Waals surface area contributed by atoms with Gasteiger partial charge in [-0.2, -0.15) is 0 Å². The molecule has 3 aromatic carbocycles. The molecule has 3 amide bonds. The number of anilines is 2. The van der Waals surface area contributed by atoms with Crippen molar-refractivity contribution in [2.75, 3.05) is 30.9 Å². The molecule has 1 aromatic heterocycles. The van der Waals surface area contributed by atoms with E-state index in [1.165, 1.54) is 49.7 Å². The lowest BCUT2D eigenvalue weighted by molar-refractivity contribution is -0.122. The van der Waals surface area contributed by atoms with Crippen LogP contribution in [0.1, 0.15) is 34.6 Å². The van der Waals surface area contributed by atoms with Crippen LogP contribution in [0, 0.1) is 28.9 Å². The maximum Gasteiger partial charge on any atom is 0.407 e. The van der Waals surface area contributed by atoms with Gasteiger partial charge in [-0.15, -0.1) is 0 Å². The first-order valence-electron chi connectivity index (χ1n) is 15.6. The Kier molecular flexibility index (Phi) is 9.93. The number of alkyl carbamates (subject to hydrolysis) is 1. The molecule has 0 unspecified atom stereocenters. The average Bonchev–Trinajstić information content (AvgIpc) is 3.62. The van der Waals surface area contributed by atoms with Gasteiger partial charge in [-0.1, -0.05) is 13.8 Å². The van der Waals surface area contributed by atoms with Gasteiger partial charge in [0.2, 0.25) is 11.8 Å². The molecule has 0 bridgehead atoms. The molecule has 0 saturated heterocycles. The van der Waals surface area contributed by atoms with Gasteiger partial charge in [-0.3, -0.25) is 14.6 Å². The van der Waals surface area contributed by atoms with Crippen LogP contribution < -0.4 is 30.2 Å². The Morgan fingerprint density at radius 1 is 0.837 bits per heavy atom. The number of carbonyl (C=O) groups is 3. The highest BCUT2D eigenvalue weighted by Gasteiger charge is 2.65. The van der Waals surface area contributed by atoms with Crippen molar-refractivity contribution < 1.29 is 42.1 Å². The summed E-state index contributed by atoms with van der Waals surface area (Å²) in [7, 11) is 1.48. The number of hydrogen-bond donors (Lipinski definition) is 3. The van der Waals surface area contributed by atoms with Gasteiger partial charge in [0.15, 0.2) is 23.1 Å². The number of benzene rings is 3. The van der Waals surface area contributed by atoms with Crippen molar-refractivity contribution in [3.8, 4) is 23.0 Å². The highest BCUT2D eigenvalue weighted by Crippen LogP contribution is 2.59. The van der Waals surface area contributed by atoms with Gasteiger partial charge in [0.1, 0.15) is 23.8 Å². The fourth-order valence-corrected chi connectivity index (χ4v) is 5.49. The van der Waals surface area contributed by atoms with Gasteiger partial charge < -0.3 is 34.9 Å². The Balaban J connectivity index is 1.24. The van der Waals surface area contributed by atoms with Crippen molar-refractivity contribution in [2.45, 2.75) is 40.2 Å². The third kappa shape index (κ3) is 8.34. The Labute approximate surface area is 282 Å². The van der Waals surface area contributed by atoms with E-state index in [9.17, 15) is 18.8 Å². The Bertz CT molecular complexity index is 1880. The first-order chi connectivity index (χ1) is 23.2.